The molecular formula is C16H17FN2O2. The van der Waals surface area contributed by atoms with E-state index in [9.17, 15) is 9.18 Å². The molecular weight excluding hydrogens is 271 g/mol. The maximum Gasteiger partial charge on any atom is 0.306 e. The van der Waals surface area contributed by atoms with E-state index < -0.39 is 0 Å². The number of rotatable bonds is 2. The summed E-state index contributed by atoms with van der Waals surface area (Å²) < 4.78 is 18.8. The van der Waals surface area contributed by atoms with Crippen LogP contribution in [0.1, 0.15) is 24.1 Å². The molecule has 1 atom stereocenters. The number of nitrogens with one attached hydrogen (secondary N) is 1. The molecule has 1 N–H and O–H groups in total. The smallest absolute Gasteiger partial charge is 0.306 e. The Morgan fingerprint density at radius 2 is 2.29 bits per heavy atom. The minimum atomic E-state index is -0.203. The monoisotopic (exact) mass is 288 g/mol. The zero-order chi connectivity index (χ0) is 14.4. The standard InChI is InChI=1S/C16H17FN2O2/c17-10-1-3-14-12(7-10)13-9-19(6-5-15(13)18-14)8-11-2-4-16(20)21-11/h1,3,7,11,18H,2,4-6,8-9H2/t11-/m0/s1. The number of fused-ring (bicyclic) bond motifs is 3. The minimum Gasteiger partial charge on any atom is -0.461 e. The number of H-pyrrole nitrogens is 1. The molecule has 2 aromatic rings. The molecule has 0 saturated carbocycles. The lowest BCUT2D eigenvalue weighted by Crippen LogP contribution is -2.36. The Morgan fingerprint density at radius 3 is 3.10 bits per heavy atom. The van der Waals surface area contributed by atoms with E-state index in [-0.39, 0.29) is 17.9 Å². The topological polar surface area (TPSA) is 45.3 Å². The first-order valence-electron chi connectivity index (χ1n) is 7.40. The second kappa shape index (κ2) is 4.84. The van der Waals surface area contributed by atoms with Crippen LogP contribution in [-0.4, -0.2) is 35.0 Å². The van der Waals surface area contributed by atoms with Crippen molar-refractivity contribution in [2.24, 2.45) is 0 Å². The Bertz CT molecular complexity index is 710. The molecule has 0 unspecified atom stereocenters. The van der Waals surface area contributed by atoms with Crippen LogP contribution in [0.15, 0.2) is 18.2 Å². The lowest BCUT2D eigenvalue weighted by molar-refractivity contribution is -0.142. The molecule has 0 aliphatic carbocycles. The van der Waals surface area contributed by atoms with Crippen molar-refractivity contribution in [3.8, 4) is 0 Å². The number of hydrogen-bond acceptors (Lipinski definition) is 3. The van der Waals surface area contributed by atoms with Crippen molar-refractivity contribution in [1.82, 2.24) is 9.88 Å². The quantitative estimate of drug-likeness (QED) is 0.863. The molecule has 1 aromatic carbocycles. The molecule has 4 rings (SSSR count). The van der Waals surface area contributed by atoms with Gasteiger partial charge in [0.15, 0.2) is 0 Å². The van der Waals surface area contributed by atoms with Gasteiger partial charge in [0.2, 0.25) is 0 Å². The predicted molar refractivity (Wildman–Crippen MR) is 76.4 cm³/mol. The van der Waals surface area contributed by atoms with Crippen LogP contribution in [0.2, 0.25) is 0 Å². The number of aromatic nitrogens is 1. The Balaban J connectivity index is 1.57. The van der Waals surface area contributed by atoms with Crippen molar-refractivity contribution in [3.63, 3.8) is 0 Å². The van der Waals surface area contributed by atoms with Crippen LogP contribution >= 0.6 is 0 Å². The van der Waals surface area contributed by atoms with Crippen LogP contribution in [0.3, 0.4) is 0 Å². The number of carbonyl (C=O) groups is 1. The third-order valence-corrected chi connectivity index (χ3v) is 4.45. The van der Waals surface area contributed by atoms with Crippen molar-refractivity contribution >= 4 is 16.9 Å². The van der Waals surface area contributed by atoms with Crippen LogP contribution in [0.25, 0.3) is 10.9 Å². The Labute approximate surface area is 121 Å². The second-order valence-electron chi connectivity index (χ2n) is 5.91. The maximum absolute atomic E-state index is 13.5. The van der Waals surface area contributed by atoms with Crippen LogP contribution in [0, 0.1) is 5.82 Å². The minimum absolute atomic E-state index is 0.0148. The van der Waals surface area contributed by atoms with Crippen molar-refractivity contribution < 1.29 is 13.9 Å². The number of cyclic esters (lactones) is 1. The fourth-order valence-corrected chi connectivity index (χ4v) is 3.40. The normalized spacial score (nSPS) is 22.5. The number of carbonyl (C=O) groups excluding carboxylic acids is 1. The average molecular weight is 288 g/mol. The molecule has 1 aromatic heterocycles. The highest BCUT2D eigenvalue weighted by atomic mass is 19.1. The lowest BCUT2D eigenvalue weighted by atomic mass is 10.0. The van der Waals surface area contributed by atoms with Gasteiger partial charge in [0, 0.05) is 49.1 Å². The molecule has 5 heteroatoms. The predicted octanol–water partition coefficient (Wildman–Crippen LogP) is 2.37. The number of hydrogen-bond donors (Lipinski definition) is 1. The van der Waals surface area contributed by atoms with Gasteiger partial charge in [0.1, 0.15) is 11.9 Å². The summed E-state index contributed by atoms with van der Waals surface area (Å²) in [5.74, 6) is -0.294. The van der Waals surface area contributed by atoms with Crippen LogP contribution in [0.5, 0.6) is 0 Å². The van der Waals surface area contributed by atoms with Gasteiger partial charge in [-0.1, -0.05) is 0 Å². The summed E-state index contributed by atoms with van der Waals surface area (Å²) in [6, 6.07) is 4.88. The van der Waals surface area contributed by atoms with Crippen molar-refractivity contribution in [3.05, 3.63) is 35.3 Å². The largest absolute Gasteiger partial charge is 0.461 e. The molecule has 0 bridgehead atoms. The number of aromatic amines is 1. The molecule has 21 heavy (non-hydrogen) atoms. The SMILES string of the molecule is O=C1CC[C@@H](CN2CCc3[nH]c4ccc(F)cc4c3C2)O1. The first-order valence-corrected chi connectivity index (χ1v) is 7.40. The van der Waals surface area contributed by atoms with Gasteiger partial charge in [-0.05, 0) is 30.2 Å². The molecule has 3 heterocycles. The first kappa shape index (κ1) is 12.8. The van der Waals surface area contributed by atoms with Crippen LogP contribution in [0.4, 0.5) is 4.39 Å². The highest BCUT2D eigenvalue weighted by Crippen LogP contribution is 2.29. The summed E-state index contributed by atoms with van der Waals surface area (Å²) >= 11 is 0. The van der Waals surface area contributed by atoms with Gasteiger partial charge in [-0.2, -0.15) is 0 Å². The van der Waals surface area contributed by atoms with E-state index in [2.05, 4.69) is 9.88 Å². The van der Waals surface area contributed by atoms with Crippen LogP contribution < -0.4 is 0 Å². The zero-order valence-corrected chi connectivity index (χ0v) is 11.7. The number of halogens is 1. The molecule has 1 saturated heterocycles. The maximum atomic E-state index is 13.5. The zero-order valence-electron chi connectivity index (χ0n) is 11.7. The molecule has 2 aliphatic heterocycles. The van der Waals surface area contributed by atoms with Gasteiger partial charge in [0.05, 0.1) is 0 Å². The van der Waals surface area contributed by atoms with E-state index >= 15 is 0 Å². The van der Waals surface area contributed by atoms with E-state index in [1.54, 1.807) is 12.1 Å². The summed E-state index contributed by atoms with van der Waals surface area (Å²) in [7, 11) is 0. The van der Waals surface area contributed by atoms with Crippen molar-refractivity contribution in [2.45, 2.75) is 31.9 Å². The van der Waals surface area contributed by atoms with Crippen LogP contribution in [-0.2, 0) is 22.5 Å². The van der Waals surface area contributed by atoms with Gasteiger partial charge >= 0.3 is 5.97 Å². The highest BCUT2D eigenvalue weighted by molar-refractivity contribution is 5.85. The van der Waals surface area contributed by atoms with Gasteiger partial charge in [-0.25, -0.2) is 4.39 Å². The summed E-state index contributed by atoms with van der Waals surface area (Å²) in [4.78, 5) is 16.9. The van der Waals surface area contributed by atoms with E-state index in [1.165, 1.54) is 17.3 Å². The molecule has 0 amide bonds. The second-order valence-corrected chi connectivity index (χ2v) is 5.91. The van der Waals surface area contributed by atoms with Crippen molar-refractivity contribution in [2.75, 3.05) is 13.1 Å². The summed E-state index contributed by atoms with van der Waals surface area (Å²) in [6.45, 7) is 2.50. The summed E-state index contributed by atoms with van der Waals surface area (Å²) in [5, 5.41) is 0.970. The number of ether oxygens (including phenoxy) is 1. The third kappa shape index (κ3) is 2.31. The van der Waals surface area contributed by atoms with Gasteiger partial charge < -0.3 is 9.72 Å². The lowest BCUT2D eigenvalue weighted by Gasteiger charge is -2.28. The number of nitrogens with zero attached hydrogens (tertiary/aromatic N) is 1. The Kier molecular flexibility index (Phi) is 2.96. The van der Waals surface area contributed by atoms with E-state index in [0.29, 0.717) is 6.42 Å². The van der Waals surface area contributed by atoms with E-state index in [4.69, 9.17) is 4.74 Å². The number of esters is 1. The number of benzene rings is 1. The Morgan fingerprint density at radius 1 is 1.38 bits per heavy atom. The van der Waals surface area contributed by atoms with E-state index in [1.807, 2.05) is 0 Å². The molecule has 2 aliphatic rings. The Hall–Kier alpha value is -1.88. The molecule has 0 radical (unpaired) electrons. The third-order valence-electron chi connectivity index (χ3n) is 4.45. The van der Waals surface area contributed by atoms with Crippen molar-refractivity contribution in [1.29, 1.82) is 0 Å². The average Bonchev–Trinajstić information content (AvgIpc) is 3.02. The summed E-state index contributed by atoms with van der Waals surface area (Å²) in [5.41, 5.74) is 3.38. The first-order chi connectivity index (χ1) is 10.2. The molecule has 4 nitrogen and oxygen atoms in total. The fraction of sp³-hybridized carbons (Fsp3) is 0.438. The van der Waals surface area contributed by atoms with E-state index in [0.717, 1.165) is 43.4 Å². The summed E-state index contributed by atoms with van der Waals surface area (Å²) in [6.07, 6.45) is 2.28. The van der Waals surface area contributed by atoms with Gasteiger partial charge in [-0.3, -0.25) is 9.69 Å². The molecule has 110 valence electrons. The highest BCUT2D eigenvalue weighted by Gasteiger charge is 2.28. The molecule has 1 fully saturated rings. The van der Waals surface area contributed by atoms with Gasteiger partial charge in [-0.15, -0.1) is 0 Å². The molecule has 0 spiro atoms. The fourth-order valence-electron chi connectivity index (χ4n) is 3.40. The van der Waals surface area contributed by atoms with Gasteiger partial charge in [0.25, 0.3) is 0 Å².